The number of benzene rings is 1. The molecule has 5 nitrogen and oxygen atoms in total. The van der Waals surface area contributed by atoms with Crippen LogP contribution >= 0.6 is 27.5 Å². The predicted molar refractivity (Wildman–Crippen MR) is 74.5 cm³/mol. The summed E-state index contributed by atoms with van der Waals surface area (Å²) < 4.78 is 12.0. The van der Waals surface area contributed by atoms with Crippen LogP contribution in [0.15, 0.2) is 21.0 Å². The Bertz CT molecular complexity index is 603. The van der Waals surface area contributed by atoms with Crippen LogP contribution in [0.3, 0.4) is 0 Å². The van der Waals surface area contributed by atoms with Gasteiger partial charge in [0, 0.05) is 23.0 Å². The molecule has 2 aromatic rings. The van der Waals surface area contributed by atoms with Crippen molar-refractivity contribution in [1.29, 1.82) is 0 Å². The largest absolute Gasteiger partial charge is 0.493 e. The zero-order chi connectivity index (χ0) is 13.2. The van der Waals surface area contributed by atoms with Crippen LogP contribution in [0.25, 0.3) is 0 Å². The smallest absolute Gasteiger partial charge is 0.315 e. The molecule has 1 aromatic carbocycles. The van der Waals surface area contributed by atoms with Gasteiger partial charge >= 0.3 is 6.01 Å². The predicted octanol–water partition coefficient (Wildman–Crippen LogP) is 3.12. The van der Waals surface area contributed by atoms with Crippen molar-refractivity contribution in [1.82, 2.24) is 10.2 Å². The molecule has 0 amide bonds. The minimum absolute atomic E-state index is 0.212. The Balaban J connectivity index is 1.76. The summed E-state index contributed by atoms with van der Waals surface area (Å²) in [5.74, 6) is 1.57. The Morgan fingerprint density at radius 1 is 1.37 bits per heavy atom. The highest BCUT2D eigenvalue weighted by molar-refractivity contribution is 9.10. The fraction of sp³-hybridized carbons (Fsp3) is 0.333. The van der Waals surface area contributed by atoms with Gasteiger partial charge in [0.15, 0.2) is 0 Å². The average molecular weight is 345 g/mol. The van der Waals surface area contributed by atoms with Gasteiger partial charge in [0.2, 0.25) is 5.89 Å². The van der Waals surface area contributed by atoms with Crippen LogP contribution in [0, 0.1) is 0 Å². The molecule has 0 saturated carbocycles. The lowest BCUT2D eigenvalue weighted by molar-refractivity contribution is 0.353. The number of fused-ring (bicyclic) bond motifs is 1. The first kappa shape index (κ1) is 12.7. The minimum atomic E-state index is 0.212. The molecule has 3 rings (SSSR count). The van der Waals surface area contributed by atoms with Crippen molar-refractivity contribution in [3.05, 3.63) is 33.6 Å². The molecule has 1 N–H and O–H groups in total. The lowest BCUT2D eigenvalue weighted by Crippen LogP contribution is -2.02. The lowest BCUT2D eigenvalue weighted by Gasteiger charge is -2.09. The first-order chi connectivity index (χ1) is 9.26. The molecular weight excluding hydrogens is 334 g/mol. The Morgan fingerprint density at radius 2 is 2.26 bits per heavy atom. The van der Waals surface area contributed by atoms with E-state index in [9.17, 15) is 0 Å². The van der Waals surface area contributed by atoms with E-state index in [1.165, 1.54) is 5.56 Å². The molecule has 100 valence electrons. The number of aromatic nitrogens is 2. The summed E-state index contributed by atoms with van der Waals surface area (Å²) in [7, 11) is 0. The maximum Gasteiger partial charge on any atom is 0.315 e. The van der Waals surface area contributed by atoms with Gasteiger partial charge in [0.1, 0.15) is 11.6 Å². The standard InChI is InChI=1S/C12H11BrClN3O2/c13-9-3-7-1-2-18-11(7)8(4-9)6-15-12-17-16-10(5-14)19-12/h3-4H,1-2,5-6H2,(H,15,17). The van der Waals surface area contributed by atoms with E-state index in [-0.39, 0.29) is 5.88 Å². The number of hydrogen-bond donors (Lipinski definition) is 1. The quantitative estimate of drug-likeness (QED) is 0.864. The van der Waals surface area contributed by atoms with Gasteiger partial charge in [0.25, 0.3) is 0 Å². The zero-order valence-electron chi connectivity index (χ0n) is 9.95. The van der Waals surface area contributed by atoms with Gasteiger partial charge in [-0.05, 0) is 17.7 Å². The van der Waals surface area contributed by atoms with Crippen LogP contribution in [-0.2, 0) is 18.8 Å². The van der Waals surface area contributed by atoms with Crippen LogP contribution in [0.5, 0.6) is 5.75 Å². The molecule has 1 aromatic heterocycles. The maximum absolute atomic E-state index is 5.65. The third-order valence-corrected chi connectivity index (χ3v) is 3.52. The lowest BCUT2D eigenvalue weighted by atomic mass is 10.1. The van der Waals surface area contributed by atoms with E-state index in [1.807, 2.05) is 6.07 Å². The molecule has 0 saturated heterocycles. The molecule has 0 aliphatic carbocycles. The number of ether oxygens (including phenoxy) is 1. The highest BCUT2D eigenvalue weighted by atomic mass is 79.9. The minimum Gasteiger partial charge on any atom is -0.493 e. The Hall–Kier alpha value is -1.27. The third-order valence-electron chi connectivity index (χ3n) is 2.84. The monoisotopic (exact) mass is 343 g/mol. The molecule has 19 heavy (non-hydrogen) atoms. The summed E-state index contributed by atoms with van der Waals surface area (Å²) in [5.41, 5.74) is 2.28. The first-order valence-electron chi connectivity index (χ1n) is 5.82. The van der Waals surface area contributed by atoms with E-state index >= 15 is 0 Å². The maximum atomic E-state index is 5.65. The third kappa shape index (κ3) is 2.69. The molecule has 0 fully saturated rings. The van der Waals surface area contributed by atoms with E-state index in [1.54, 1.807) is 0 Å². The number of nitrogens with one attached hydrogen (secondary N) is 1. The molecule has 0 unspecified atom stereocenters. The zero-order valence-corrected chi connectivity index (χ0v) is 12.3. The number of hydrogen-bond acceptors (Lipinski definition) is 5. The molecule has 7 heteroatoms. The van der Waals surface area contributed by atoms with Crippen LogP contribution in [0.4, 0.5) is 6.01 Å². The average Bonchev–Trinajstić information content (AvgIpc) is 3.03. The van der Waals surface area contributed by atoms with Crippen molar-refractivity contribution in [2.45, 2.75) is 18.8 Å². The van der Waals surface area contributed by atoms with Gasteiger partial charge in [-0.2, -0.15) is 0 Å². The molecule has 0 bridgehead atoms. The first-order valence-corrected chi connectivity index (χ1v) is 7.15. The number of halogens is 2. The number of anilines is 1. The van der Waals surface area contributed by atoms with Crippen LogP contribution < -0.4 is 10.1 Å². The van der Waals surface area contributed by atoms with Crippen molar-refractivity contribution < 1.29 is 9.15 Å². The van der Waals surface area contributed by atoms with Crippen LogP contribution in [0.1, 0.15) is 17.0 Å². The van der Waals surface area contributed by atoms with Crippen molar-refractivity contribution in [3.8, 4) is 5.75 Å². The molecule has 1 aliphatic heterocycles. The normalized spacial score (nSPS) is 13.2. The SMILES string of the molecule is ClCc1nnc(NCc2cc(Br)cc3c2OCC3)o1. The van der Waals surface area contributed by atoms with E-state index < -0.39 is 0 Å². The van der Waals surface area contributed by atoms with Gasteiger partial charge in [0.05, 0.1) is 6.61 Å². The summed E-state index contributed by atoms with van der Waals surface area (Å²) in [5, 5.41) is 10.7. The van der Waals surface area contributed by atoms with E-state index in [0.29, 0.717) is 18.5 Å². The van der Waals surface area contributed by atoms with Crippen molar-refractivity contribution in [3.63, 3.8) is 0 Å². The summed E-state index contributed by atoms with van der Waals surface area (Å²) >= 11 is 9.11. The second-order valence-electron chi connectivity index (χ2n) is 4.14. The topological polar surface area (TPSA) is 60.2 Å². The van der Waals surface area contributed by atoms with Gasteiger partial charge in [-0.15, -0.1) is 16.7 Å². The van der Waals surface area contributed by atoms with E-state index in [2.05, 4.69) is 37.5 Å². The van der Waals surface area contributed by atoms with Gasteiger partial charge in [-0.1, -0.05) is 21.0 Å². The summed E-state index contributed by atoms with van der Waals surface area (Å²) in [6.07, 6.45) is 0.943. The number of nitrogens with zero attached hydrogens (tertiary/aromatic N) is 2. The van der Waals surface area contributed by atoms with Crippen molar-refractivity contribution in [2.24, 2.45) is 0 Å². The highest BCUT2D eigenvalue weighted by Crippen LogP contribution is 2.33. The van der Waals surface area contributed by atoms with Crippen molar-refractivity contribution in [2.75, 3.05) is 11.9 Å². The van der Waals surface area contributed by atoms with Gasteiger partial charge in [-0.25, -0.2) is 0 Å². The van der Waals surface area contributed by atoms with E-state index in [4.69, 9.17) is 20.8 Å². The second-order valence-corrected chi connectivity index (χ2v) is 5.32. The van der Waals surface area contributed by atoms with E-state index in [0.717, 1.165) is 28.8 Å². The van der Waals surface area contributed by atoms with Gasteiger partial charge < -0.3 is 14.5 Å². The molecule has 0 atom stereocenters. The van der Waals surface area contributed by atoms with Crippen LogP contribution in [-0.4, -0.2) is 16.8 Å². The Morgan fingerprint density at radius 3 is 3.05 bits per heavy atom. The Labute approximate surface area is 123 Å². The molecule has 0 spiro atoms. The summed E-state index contributed by atoms with van der Waals surface area (Å²) in [4.78, 5) is 0. The second kappa shape index (κ2) is 5.38. The molecular formula is C12H11BrClN3O2. The highest BCUT2D eigenvalue weighted by Gasteiger charge is 2.17. The summed E-state index contributed by atoms with van der Waals surface area (Å²) in [6.45, 7) is 1.29. The van der Waals surface area contributed by atoms with Crippen LogP contribution in [0.2, 0.25) is 0 Å². The fourth-order valence-electron chi connectivity index (χ4n) is 2.03. The fourth-order valence-corrected chi connectivity index (χ4v) is 2.69. The van der Waals surface area contributed by atoms with Crippen molar-refractivity contribution >= 4 is 33.5 Å². The molecule has 1 aliphatic rings. The molecule has 0 radical (unpaired) electrons. The Kier molecular flexibility index (Phi) is 3.61. The number of alkyl halides is 1. The molecule has 2 heterocycles. The van der Waals surface area contributed by atoms with Gasteiger partial charge in [-0.3, -0.25) is 0 Å². The summed E-state index contributed by atoms with van der Waals surface area (Å²) in [6, 6.07) is 4.47. The number of rotatable bonds is 4.